The van der Waals surface area contributed by atoms with E-state index in [4.69, 9.17) is 19.2 Å². The van der Waals surface area contributed by atoms with Crippen molar-refractivity contribution in [2.75, 3.05) is 72.4 Å². The second-order valence-corrected chi connectivity index (χ2v) is 7.88. The summed E-state index contributed by atoms with van der Waals surface area (Å²) in [5.41, 5.74) is 1.31. The molecule has 2 atom stereocenters. The summed E-state index contributed by atoms with van der Waals surface area (Å²) in [7, 11) is 0. The normalized spacial score (nSPS) is 20.8. The van der Waals surface area contributed by atoms with E-state index >= 15 is 0 Å². The third-order valence-corrected chi connectivity index (χ3v) is 5.57. The van der Waals surface area contributed by atoms with Gasteiger partial charge in [-0.15, -0.1) is 24.0 Å². The molecular weight excluding hydrogens is 507 g/mol. The molecule has 2 unspecified atom stereocenters. The number of hydrogen-bond acceptors (Lipinski definition) is 5. The predicted octanol–water partition coefficient (Wildman–Crippen LogP) is 2.68. The highest BCUT2D eigenvalue weighted by molar-refractivity contribution is 14.0. The molecule has 2 aliphatic rings. The minimum atomic E-state index is 0. The molecule has 2 aliphatic heterocycles. The summed E-state index contributed by atoms with van der Waals surface area (Å²) >= 11 is 0. The Morgan fingerprint density at radius 1 is 1.16 bits per heavy atom. The number of ether oxygens (including phenoxy) is 3. The maximum Gasteiger partial charge on any atom is 0.191 e. The van der Waals surface area contributed by atoms with Crippen molar-refractivity contribution >= 4 is 29.9 Å². The van der Waals surface area contributed by atoms with Crippen molar-refractivity contribution in [3.8, 4) is 0 Å². The number of nitrogens with one attached hydrogen (secondary N) is 2. The molecule has 0 aliphatic carbocycles. The first-order valence-corrected chi connectivity index (χ1v) is 11.4. The highest BCUT2D eigenvalue weighted by Gasteiger charge is 2.22. The number of halogens is 1. The molecule has 1 aromatic carbocycles. The van der Waals surface area contributed by atoms with E-state index in [1.807, 2.05) is 0 Å². The largest absolute Gasteiger partial charge is 0.381 e. The molecule has 1 aromatic rings. The van der Waals surface area contributed by atoms with Gasteiger partial charge in [0.1, 0.15) is 0 Å². The molecule has 0 radical (unpaired) electrons. The Morgan fingerprint density at radius 3 is 2.68 bits per heavy atom. The van der Waals surface area contributed by atoms with E-state index in [0.717, 1.165) is 91.2 Å². The summed E-state index contributed by atoms with van der Waals surface area (Å²) in [6, 6.07) is 10.9. The van der Waals surface area contributed by atoms with Crippen molar-refractivity contribution in [2.24, 2.45) is 10.9 Å². The van der Waals surface area contributed by atoms with E-state index in [1.165, 1.54) is 5.56 Å². The molecule has 0 saturated carbocycles. The lowest BCUT2D eigenvalue weighted by Crippen LogP contribution is -2.42. The summed E-state index contributed by atoms with van der Waals surface area (Å²) in [5, 5.41) is 6.82. The van der Waals surface area contributed by atoms with Crippen molar-refractivity contribution in [1.29, 1.82) is 0 Å². The summed E-state index contributed by atoms with van der Waals surface area (Å²) < 4.78 is 16.7. The van der Waals surface area contributed by atoms with E-state index in [2.05, 4.69) is 52.8 Å². The topological polar surface area (TPSA) is 67.4 Å². The van der Waals surface area contributed by atoms with Crippen LogP contribution in [0.2, 0.25) is 0 Å². The first-order chi connectivity index (χ1) is 14.9. The molecule has 0 bridgehead atoms. The molecule has 0 spiro atoms. The fourth-order valence-corrected chi connectivity index (χ4v) is 3.86. The van der Waals surface area contributed by atoms with Crippen LogP contribution in [0.15, 0.2) is 35.3 Å². The first kappa shape index (κ1) is 26.3. The summed E-state index contributed by atoms with van der Waals surface area (Å²) in [4.78, 5) is 7.38. The Kier molecular flexibility index (Phi) is 13.4. The third kappa shape index (κ3) is 9.61. The van der Waals surface area contributed by atoms with Crippen LogP contribution in [0.1, 0.15) is 31.4 Å². The van der Waals surface area contributed by atoms with Crippen LogP contribution in [-0.2, 0) is 14.2 Å². The van der Waals surface area contributed by atoms with E-state index in [-0.39, 0.29) is 30.0 Å². The average molecular weight is 546 g/mol. The molecule has 2 N–H and O–H groups in total. The molecule has 0 aromatic heterocycles. The van der Waals surface area contributed by atoms with Crippen LogP contribution in [-0.4, -0.2) is 83.2 Å². The quantitative estimate of drug-likeness (QED) is 0.193. The van der Waals surface area contributed by atoms with Gasteiger partial charge in [-0.2, -0.15) is 0 Å². The molecule has 31 heavy (non-hydrogen) atoms. The molecule has 2 heterocycles. The van der Waals surface area contributed by atoms with E-state index in [0.29, 0.717) is 5.92 Å². The van der Waals surface area contributed by atoms with Gasteiger partial charge >= 0.3 is 0 Å². The number of aliphatic imine (C=N–C) groups is 1. The van der Waals surface area contributed by atoms with Crippen LogP contribution in [0.5, 0.6) is 0 Å². The second-order valence-electron chi connectivity index (χ2n) is 7.88. The lowest BCUT2D eigenvalue weighted by Gasteiger charge is -2.34. The number of benzene rings is 1. The van der Waals surface area contributed by atoms with Gasteiger partial charge in [-0.25, -0.2) is 0 Å². The second kappa shape index (κ2) is 15.8. The van der Waals surface area contributed by atoms with E-state index < -0.39 is 0 Å². The summed E-state index contributed by atoms with van der Waals surface area (Å²) in [6.07, 6.45) is 2.09. The average Bonchev–Trinajstić information content (AvgIpc) is 3.31. The molecule has 3 rings (SSSR count). The summed E-state index contributed by atoms with van der Waals surface area (Å²) in [5.74, 6) is 1.45. The van der Waals surface area contributed by atoms with Gasteiger partial charge in [-0.3, -0.25) is 9.89 Å². The summed E-state index contributed by atoms with van der Waals surface area (Å²) in [6.45, 7) is 11.3. The Balaban J connectivity index is 0.00000341. The van der Waals surface area contributed by atoms with E-state index in [9.17, 15) is 0 Å². The minimum absolute atomic E-state index is 0. The molecule has 2 fully saturated rings. The van der Waals surface area contributed by atoms with Gasteiger partial charge in [0.05, 0.1) is 39.0 Å². The van der Waals surface area contributed by atoms with Gasteiger partial charge in [-0.1, -0.05) is 30.3 Å². The van der Waals surface area contributed by atoms with Gasteiger partial charge < -0.3 is 24.8 Å². The molecule has 7 nitrogen and oxygen atoms in total. The molecule has 176 valence electrons. The Bertz CT molecular complexity index is 608. The van der Waals surface area contributed by atoms with Gasteiger partial charge in [0, 0.05) is 45.3 Å². The van der Waals surface area contributed by atoms with Gasteiger partial charge in [0.25, 0.3) is 0 Å². The fraction of sp³-hybridized carbons (Fsp3) is 0.696. The number of guanidine groups is 1. The van der Waals surface area contributed by atoms with Crippen LogP contribution in [0.25, 0.3) is 0 Å². The predicted molar refractivity (Wildman–Crippen MR) is 135 cm³/mol. The van der Waals surface area contributed by atoms with Crippen molar-refractivity contribution < 1.29 is 14.2 Å². The molecular formula is C23H39IN4O3. The van der Waals surface area contributed by atoms with Crippen molar-refractivity contribution in [3.63, 3.8) is 0 Å². The minimum Gasteiger partial charge on any atom is -0.381 e. The zero-order valence-corrected chi connectivity index (χ0v) is 21.1. The first-order valence-electron chi connectivity index (χ1n) is 11.4. The van der Waals surface area contributed by atoms with E-state index in [1.54, 1.807) is 0 Å². The number of rotatable bonds is 11. The Morgan fingerprint density at radius 2 is 1.97 bits per heavy atom. The molecule has 8 heteroatoms. The number of morpholine rings is 1. The van der Waals surface area contributed by atoms with Gasteiger partial charge in [0.15, 0.2) is 5.96 Å². The van der Waals surface area contributed by atoms with Gasteiger partial charge in [0.2, 0.25) is 0 Å². The molecule has 0 amide bonds. The van der Waals surface area contributed by atoms with Crippen LogP contribution >= 0.6 is 24.0 Å². The van der Waals surface area contributed by atoms with Crippen LogP contribution in [0, 0.1) is 5.92 Å². The standard InChI is InChI=1S/C23H38N4O3.HI/c1-2-24-23(25-10-6-13-29-18-20-9-14-30-19-20)26-17-22(21-7-4-3-5-8-21)27-11-15-28-16-12-27;/h3-5,7-8,20,22H,2,6,9-19H2,1H3,(H2,24,25,26);1H. The third-order valence-electron chi connectivity index (χ3n) is 5.57. The maximum absolute atomic E-state index is 5.80. The fourth-order valence-electron chi connectivity index (χ4n) is 3.86. The highest BCUT2D eigenvalue weighted by atomic mass is 127. The van der Waals surface area contributed by atoms with Gasteiger partial charge in [-0.05, 0) is 25.3 Å². The Labute approximate surface area is 204 Å². The molecule has 2 saturated heterocycles. The SMILES string of the molecule is CCNC(=NCC(c1ccccc1)N1CCOCC1)NCCCOCC1CCOC1.I. The van der Waals surface area contributed by atoms with Crippen molar-refractivity contribution in [3.05, 3.63) is 35.9 Å². The highest BCUT2D eigenvalue weighted by Crippen LogP contribution is 2.22. The number of hydrogen-bond donors (Lipinski definition) is 2. The van der Waals surface area contributed by atoms with Crippen LogP contribution in [0.3, 0.4) is 0 Å². The van der Waals surface area contributed by atoms with Crippen LogP contribution in [0.4, 0.5) is 0 Å². The smallest absolute Gasteiger partial charge is 0.191 e. The monoisotopic (exact) mass is 546 g/mol. The number of nitrogens with zero attached hydrogens (tertiary/aromatic N) is 2. The zero-order valence-electron chi connectivity index (χ0n) is 18.8. The Hall–Kier alpha value is -0.940. The maximum atomic E-state index is 5.80. The lowest BCUT2D eigenvalue weighted by molar-refractivity contribution is 0.0179. The van der Waals surface area contributed by atoms with Crippen molar-refractivity contribution in [2.45, 2.75) is 25.8 Å². The van der Waals surface area contributed by atoms with Crippen molar-refractivity contribution in [1.82, 2.24) is 15.5 Å². The van der Waals surface area contributed by atoms with Crippen LogP contribution < -0.4 is 10.6 Å². The zero-order chi connectivity index (χ0) is 20.9. The lowest BCUT2D eigenvalue weighted by atomic mass is 10.1.